The zero-order valence-corrected chi connectivity index (χ0v) is 10.4. The quantitative estimate of drug-likeness (QED) is 0.665. The number of hydrogen-bond donors (Lipinski definition) is 1. The predicted molar refractivity (Wildman–Crippen MR) is 60.6 cm³/mol. The molecule has 0 amide bonds. The van der Waals surface area contributed by atoms with Crippen LogP contribution in [0.5, 0.6) is 0 Å². The number of carbonyl (C=O) groups excluding carboxylic acids is 1. The highest BCUT2D eigenvalue weighted by atomic mass is 16.5. The molecular weight excluding hydrogens is 192 g/mol. The van der Waals surface area contributed by atoms with Gasteiger partial charge >= 0.3 is 5.97 Å². The fourth-order valence-electron chi connectivity index (χ4n) is 2.08. The van der Waals surface area contributed by atoms with Gasteiger partial charge in [-0.25, -0.2) is 0 Å². The monoisotopic (exact) mass is 216 g/mol. The number of aliphatic hydroxyl groups is 1. The summed E-state index contributed by atoms with van der Waals surface area (Å²) >= 11 is 0. The first-order chi connectivity index (χ1) is 7.05. The zero-order valence-electron chi connectivity index (χ0n) is 10.4. The average Bonchev–Trinajstić information content (AvgIpc) is 2.17. The lowest BCUT2D eigenvalue weighted by Gasteiger charge is -2.33. The maximum Gasteiger partial charge on any atom is 0.314 e. The standard InChI is InChI=1S/C12H24O3/c1-5-8-12(9-6-2,10(4)13)11(14)15-7-3/h10,13H,5-9H2,1-4H3/t10-/m0/s1. The van der Waals surface area contributed by atoms with E-state index in [4.69, 9.17) is 4.74 Å². The Morgan fingerprint density at radius 2 is 1.73 bits per heavy atom. The Morgan fingerprint density at radius 3 is 2.00 bits per heavy atom. The molecule has 0 radical (unpaired) electrons. The Bertz CT molecular complexity index is 181. The Labute approximate surface area is 92.8 Å². The lowest BCUT2D eigenvalue weighted by molar-refractivity contribution is -0.164. The molecule has 0 saturated heterocycles. The summed E-state index contributed by atoms with van der Waals surface area (Å²) in [5.41, 5.74) is -0.695. The summed E-state index contributed by atoms with van der Waals surface area (Å²) in [5.74, 6) is -0.247. The molecule has 15 heavy (non-hydrogen) atoms. The molecule has 3 heteroatoms. The maximum absolute atomic E-state index is 11.9. The number of rotatable bonds is 7. The fourth-order valence-corrected chi connectivity index (χ4v) is 2.08. The predicted octanol–water partition coefficient (Wildman–Crippen LogP) is 2.52. The molecule has 0 aromatic rings. The third-order valence-electron chi connectivity index (χ3n) is 2.87. The summed E-state index contributed by atoms with van der Waals surface area (Å²) in [6.07, 6.45) is 2.50. The van der Waals surface area contributed by atoms with Crippen molar-refractivity contribution in [3.63, 3.8) is 0 Å². The minimum Gasteiger partial charge on any atom is -0.465 e. The molecule has 1 N–H and O–H groups in total. The van der Waals surface area contributed by atoms with Crippen molar-refractivity contribution in [2.45, 2.75) is 59.5 Å². The van der Waals surface area contributed by atoms with Crippen LogP contribution >= 0.6 is 0 Å². The van der Waals surface area contributed by atoms with E-state index in [1.807, 2.05) is 13.8 Å². The first-order valence-corrected chi connectivity index (χ1v) is 5.90. The number of esters is 1. The van der Waals surface area contributed by atoms with Gasteiger partial charge in [0.2, 0.25) is 0 Å². The van der Waals surface area contributed by atoms with E-state index in [1.165, 1.54) is 0 Å². The Morgan fingerprint density at radius 1 is 1.27 bits per heavy atom. The van der Waals surface area contributed by atoms with Gasteiger partial charge in [0.05, 0.1) is 18.1 Å². The van der Waals surface area contributed by atoms with Crippen LogP contribution in [0.4, 0.5) is 0 Å². The van der Waals surface area contributed by atoms with Crippen LogP contribution in [-0.2, 0) is 9.53 Å². The molecule has 0 spiro atoms. The molecule has 0 aromatic heterocycles. The molecule has 0 aromatic carbocycles. The molecule has 3 nitrogen and oxygen atoms in total. The van der Waals surface area contributed by atoms with Crippen molar-refractivity contribution in [1.82, 2.24) is 0 Å². The first kappa shape index (κ1) is 14.4. The fraction of sp³-hybridized carbons (Fsp3) is 0.917. The van der Waals surface area contributed by atoms with Crippen molar-refractivity contribution in [3.05, 3.63) is 0 Å². The highest BCUT2D eigenvalue weighted by Gasteiger charge is 2.42. The highest BCUT2D eigenvalue weighted by Crippen LogP contribution is 2.35. The molecule has 0 rings (SSSR count). The van der Waals surface area contributed by atoms with Crippen LogP contribution in [0, 0.1) is 5.41 Å². The van der Waals surface area contributed by atoms with Gasteiger partial charge in [0, 0.05) is 0 Å². The number of ether oxygens (including phenoxy) is 1. The van der Waals surface area contributed by atoms with E-state index >= 15 is 0 Å². The normalized spacial score (nSPS) is 13.7. The molecular formula is C12H24O3. The Balaban J connectivity index is 4.83. The van der Waals surface area contributed by atoms with E-state index in [1.54, 1.807) is 13.8 Å². The lowest BCUT2D eigenvalue weighted by Crippen LogP contribution is -2.42. The Hall–Kier alpha value is -0.570. The van der Waals surface area contributed by atoms with E-state index in [2.05, 4.69) is 0 Å². The van der Waals surface area contributed by atoms with Gasteiger partial charge < -0.3 is 9.84 Å². The van der Waals surface area contributed by atoms with Crippen molar-refractivity contribution >= 4 is 5.97 Å². The van der Waals surface area contributed by atoms with Gasteiger partial charge in [0.25, 0.3) is 0 Å². The van der Waals surface area contributed by atoms with Gasteiger partial charge in [0.1, 0.15) is 0 Å². The van der Waals surface area contributed by atoms with Crippen LogP contribution in [0.1, 0.15) is 53.4 Å². The van der Waals surface area contributed by atoms with Crippen molar-refractivity contribution in [2.75, 3.05) is 6.61 Å². The van der Waals surface area contributed by atoms with Crippen molar-refractivity contribution in [2.24, 2.45) is 5.41 Å². The lowest BCUT2D eigenvalue weighted by atomic mass is 9.75. The van der Waals surface area contributed by atoms with E-state index in [0.29, 0.717) is 19.4 Å². The second-order valence-electron chi connectivity index (χ2n) is 4.05. The number of carbonyl (C=O) groups is 1. The summed E-state index contributed by atoms with van der Waals surface area (Å²) in [7, 11) is 0. The molecule has 0 aliphatic heterocycles. The summed E-state index contributed by atoms with van der Waals surface area (Å²) in [6, 6.07) is 0. The number of hydrogen-bond acceptors (Lipinski definition) is 3. The molecule has 0 heterocycles. The molecule has 0 aliphatic carbocycles. The summed E-state index contributed by atoms with van der Waals surface area (Å²) in [5, 5.41) is 9.82. The van der Waals surface area contributed by atoms with Crippen LogP contribution in [0.15, 0.2) is 0 Å². The van der Waals surface area contributed by atoms with Crippen LogP contribution in [0.2, 0.25) is 0 Å². The van der Waals surface area contributed by atoms with Crippen LogP contribution in [0.3, 0.4) is 0 Å². The molecule has 90 valence electrons. The third-order valence-corrected chi connectivity index (χ3v) is 2.87. The largest absolute Gasteiger partial charge is 0.465 e. The van der Waals surface area contributed by atoms with Crippen molar-refractivity contribution in [3.8, 4) is 0 Å². The second-order valence-corrected chi connectivity index (χ2v) is 4.05. The molecule has 1 atom stereocenters. The molecule has 0 unspecified atom stereocenters. The highest BCUT2D eigenvalue weighted by molar-refractivity contribution is 5.77. The van der Waals surface area contributed by atoms with Crippen LogP contribution in [0.25, 0.3) is 0 Å². The van der Waals surface area contributed by atoms with E-state index in [-0.39, 0.29) is 5.97 Å². The maximum atomic E-state index is 11.9. The van der Waals surface area contributed by atoms with Gasteiger partial charge in [-0.1, -0.05) is 26.7 Å². The molecule has 0 aliphatic rings. The second kappa shape index (κ2) is 6.83. The topological polar surface area (TPSA) is 46.5 Å². The average molecular weight is 216 g/mol. The SMILES string of the molecule is CCCC(CCC)(C(=O)OCC)[C@H](C)O. The summed E-state index contributed by atoms with van der Waals surface area (Å²) in [4.78, 5) is 11.9. The van der Waals surface area contributed by atoms with E-state index in [0.717, 1.165) is 12.8 Å². The van der Waals surface area contributed by atoms with Crippen molar-refractivity contribution in [1.29, 1.82) is 0 Å². The minimum atomic E-state index is -0.695. The van der Waals surface area contributed by atoms with Gasteiger partial charge in [-0.2, -0.15) is 0 Å². The van der Waals surface area contributed by atoms with Crippen LogP contribution in [-0.4, -0.2) is 23.8 Å². The van der Waals surface area contributed by atoms with Gasteiger partial charge in [0.15, 0.2) is 0 Å². The van der Waals surface area contributed by atoms with Gasteiger partial charge in [-0.05, 0) is 26.7 Å². The minimum absolute atomic E-state index is 0.247. The zero-order chi connectivity index (χ0) is 11.9. The van der Waals surface area contributed by atoms with E-state index in [9.17, 15) is 9.90 Å². The number of aliphatic hydroxyl groups excluding tert-OH is 1. The van der Waals surface area contributed by atoms with E-state index < -0.39 is 11.5 Å². The smallest absolute Gasteiger partial charge is 0.314 e. The first-order valence-electron chi connectivity index (χ1n) is 5.90. The van der Waals surface area contributed by atoms with Gasteiger partial charge in [-0.3, -0.25) is 4.79 Å². The molecule has 0 saturated carbocycles. The third kappa shape index (κ3) is 3.49. The molecule has 0 bridgehead atoms. The van der Waals surface area contributed by atoms with Crippen LogP contribution < -0.4 is 0 Å². The Kier molecular flexibility index (Phi) is 6.57. The summed E-state index contributed by atoms with van der Waals surface area (Å²) < 4.78 is 5.07. The summed E-state index contributed by atoms with van der Waals surface area (Å²) in [6.45, 7) is 7.89. The van der Waals surface area contributed by atoms with Gasteiger partial charge in [-0.15, -0.1) is 0 Å². The molecule has 0 fully saturated rings. The van der Waals surface area contributed by atoms with Crippen molar-refractivity contribution < 1.29 is 14.6 Å².